The quantitative estimate of drug-likeness (QED) is 0.895. The highest BCUT2D eigenvalue weighted by Gasteiger charge is 2.28. The Balaban J connectivity index is 2.03. The zero-order valence-electron chi connectivity index (χ0n) is 12.7. The number of rotatable bonds is 3. The van der Waals surface area contributed by atoms with Crippen molar-refractivity contribution in [1.29, 1.82) is 0 Å². The first kappa shape index (κ1) is 15.4. The van der Waals surface area contributed by atoms with E-state index < -0.39 is 0 Å². The standard InChI is InChI=1S/C14H24N4OS/c1-9(10-6-5-7-15-8-10)16-13(19)11-12(14(2,3)4)17-18-20-11/h9-10,15H,5-8H2,1-4H3,(H,16,19). The van der Waals surface area contributed by atoms with Crippen molar-refractivity contribution in [3.05, 3.63) is 10.6 Å². The number of nitrogens with zero attached hydrogens (tertiary/aromatic N) is 2. The van der Waals surface area contributed by atoms with Gasteiger partial charge in [0, 0.05) is 11.5 Å². The SMILES string of the molecule is CC(NC(=O)c1snnc1C(C)(C)C)C1CCCNC1. The number of carbonyl (C=O) groups is 1. The van der Waals surface area contributed by atoms with Crippen molar-refractivity contribution in [2.24, 2.45) is 5.92 Å². The summed E-state index contributed by atoms with van der Waals surface area (Å²) in [7, 11) is 0. The van der Waals surface area contributed by atoms with Gasteiger partial charge in [0.2, 0.25) is 0 Å². The molecule has 0 radical (unpaired) electrons. The molecule has 1 aromatic rings. The van der Waals surface area contributed by atoms with Crippen LogP contribution in [0.4, 0.5) is 0 Å². The van der Waals surface area contributed by atoms with Gasteiger partial charge in [-0.3, -0.25) is 4.79 Å². The zero-order valence-corrected chi connectivity index (χ0v) is 13.5. The Morgan fingerprint density at radius 3 is 2.85 bits per heavy atom. The molecule has 1 saturated heterocycles. The zero-order chi connectivity index (χ0) is 14.8. The minimum Gasteiger partial charge on any atom is -0.348 e. The molecule has 0 aliphatic carbocycles. The van der Waals surface area contributed by atoms with Crippen LogP contribution in [0.2, 0.25) is 0 Å². The molecule has 2 heterocycles. The van der Waals surface area contributed by atoms with E-state index in [1.54, 1.807) is 0 Å². The summed E-state index contributed by atoms with van der Waals surface area (Å²) in [6.07, 6.45) is 2.35. The lowest BCUT2D eigenvalue weighted by Gasteiger charge is -2.29. The van der Waals surface area contributed by atoms with Crippen molar-refractivity contribution in [3.8, 4) is 0 Å². The monoisotopic (exact) mass is 296 g/mol. The Morgan fingerprint density at radius 1 is 1.50 bits per heavy atom. The molecule has 2 rings (SSSR count). The maximum Gasteiger partial charge on any atom is 0.265 e. The predicted molar refractivity (Wildman–Crippen MR) is 81.1 cm³/mol. The van der Waals surface area contributed by atoms with E-state index in [0.29, 0.717) is 10.8 Å². The smallest absolute Gasteiger partial charge is 0.265 e. The van der Waals surface area contributed by atoms with Gasteiger partial charge in [-0.15, -0.1) is 5.10 Å². The van der Waals surface area contributed by atoms with Crippen molar-refractivity contribution in [1.82, 2.24) is 20.2 Å². The van der Waals surface area contributed by atoms with Crippen molar-refractivity contribution in [2.75, 3.05) is 13.1 Å². The van der Waals surface area contributed by atoms with Gasteiger partial charge in [-0.2, -0.15) is 0 Å². The first-order valence-corrected chi connectivity index (χ1v) is 8.01. The fraction of sp³-hybridized carbons (Fsp3) is 0.786. The predicted octanol–water partition coefficient (Wildman–Crippen LogP) is 1.95. The van der Waals surface area contributed by atoms with Gasteiger partial charge in [0.1, 0.15) is 4.88 Å². The minimum atomic E-state index is -0.157. The van der Waals surface area contributed by atoms with E-state index in [-0.39, 0.29) is 17.4 Å². The highest BCUT2D eigenvalue weighted by Crippen LogP contribution is 2.26. The lowest BCUT2D eigenvalue weighted by molar-refractivity contribution is 0.0923. The summed E-state index contributed by atoms with van der Waals surface area (Å²) in [5.41, 5.74) is 0.629. The molecule has 2 N–H and O–H groups in total. The molecular formula is C14H24N4OS. The molecule has 1 aromatic heterocycles. The van der Waals surface area contributed by atoms with Crippen molar-refractivity contribution >= 4 is 17.4 Å². The van der Waals surface area contributed by atoms with Crippen molar-refractivity contribution in [2.45, 2.75) is 52.0 Å². The molecule has 1 amide bonds. The second-order valence-corrected chi connectivity index (χ2v) is 7.32. The Kier molecular flexibility index (Phi) is 4.75. The Hall–Kier alpha value is -1.01. The number of piperidine rings is 1. The van der Waals surface area contributed by atoms with Gasteiger partial charge < -0.3 is 10.6 Å². The first-order chi connectivity index (χ1) is 9.39. The van der Waals surface area contributed by atoms with E-state index in [9.17, 15) is 4.79 Å². The van der Waals surface area contributed by atoms with Crippen LogP contribution in [-0.2, 0) is 5.41 Å². The van der Waals surface area contributed by atoms with E-state index in [1.807, 2.05) is 0 Å². The van der Waals surface area contributed by atoms with Crippen LogP contribution in [0.3, 0.4) is 0 Å². The first-order valence-electron chi connectivity index (χ1n) is 7.24. The van der Waals surface area contributed by atoms with E-state index in [2.05, 4.69) is 47.9 Å². The largest absolute Gasteiger partial charge is 0.348 e. The molecule has 2 unspecified atom stereocenters. The molecule has 0 bridgehead atoms. The number of carbonyl (C=O) groups excluding carboxylic acids is 1. The summed E-state index contributed by atoms with van der Waals surface area (Å²) in [6, 6.07) is 0.171. The molecule has 1 aliphatic heterocycles. The van der Waals surface area contributed by atoms with Gasteiger partial charge in [-0.1, -0.05) is 25.3 Å². The van der Waals surface area contributed by atoms with Gasteiger partial charge in [0.15, 0.2) is 0 Å². The van der Waals surface area contributed by atoms with Gasteiger partial charge in [-0.25, -0.2) is 0 Å². The molecule has 1 fully saturated rings. The number of hydrogen-bond acceptors (Lipinski definition) is 5. The summed E-state index contributed by atoms with van der Waals surface area (Å²) >= 11 is 1.18. The maximum absolute atomic E-state index is 12.4. The maximum atomic E-state index is 12.4. The second kappa shape index (κ2) is 6.18. The summed E-state index contributed by atoms with van der Waals surface area (Å²) in [5.74, 6) is 0.467. The topological polar surface area (TPSA) is 66.9 Å². The molecule has 2 atom stereocenters. The lowest BCUT2D eigenvalue weighted by atomic mass is 9.90. The molecule has 5 nitrogen and oxygen atoms in total. The fourth-order valence-corrected chi connectivity index (χ4v) is 3.31. The molecular weight excluding hydrogens is 272 g/mol. The van der Waals surface area contributed by atoms with Gasteiger partial charge in [-0.05, 0) is 50.3 Å². The van der Waals surface area contributed by atoms with E-state index >= 15 is 0 Å². The molecule has 0 spiro atoms. The Labute approximate surface area is 124 Å². The van der Waals surface area contributed by atoms with Crippen LogP contribution in [0.15, 0.2) is 0 Å². The number of hydrogen-bond donors (Lipinski definition) is 2. The van der Waals surface area contributed by atoms with E-state index in [4.69, 9.17) is 0 Å². The molecule has 1 aliphatic rings. The minimum absolute atomic E-state index is 0.0389. The molecule has 6 heteroatoms. The Morgan fingerprint density at radius 2 is 2.25 bits per heavy atom. The van der Waals surface area contributed by atoms with Crippen molar-refractivity contribution < 1.29 is 4.79 Å². The molecule has 112 valence electrons. The normalized spacial score (nSPS) is 21.5. The average molecular weight is 296 g/mol. The van der Waals surface area contributed by atoms with Crippen LogP contribution in [0.1, 0.15) is 55.9 Å². The van der Waals surface area contributed by atoms with Gasteiger partial charge in [0.05, 0.1) is 5.69 Å². The van der Waals surface area contributed by atoms with Crippen LogP contribution >= 0.6 is 11.5 Å². The van der Waals surface area contributed by atoms with Crippen LogP contribution in [0.5, 0.6) is 0 Å². The molecule has 20 heavy (non-hydrogen) atoms. The summed E-state index contributed by atoms with van der Waals surface area (Å²) < 4.78 is 3.95. The van der Waals surface area contributed by atoms with E-state index in [1.165, 1.54) is 24.4 Å². The third-order valence-corrected chi connectivity index (χ3v) is 4.53. The highest BCUT2D eigenvalue weighted by molar-refractivity contribution is 7.08. The molecule has 0 aromatic carbocycles. The Bertz CT molecular complexity index is 460. The van der Waals surface area contributed by atoms with Gasteiger partial charge >= 0.3 is 0 Å². The fourth-order valence-electron chi connectivity index (χ4n) is 2.53. The molecule has 0 saturated carbocycles. The van der Waals surface area contributed by atoms with Crippen LogP contribution in [-0.4, -0.2) is 34.6 Å². The van der Waals surface area contributed by atoms with Crippen LogP contribution in [0, 0.1) is 5.92 Å². The summed E-state index contributed by atoms with van der Waals surface area (Å²) in [5, 5.41) is 10.6. The number of amides is 1. The van der Waals surface area contributed by atoms with Gasteiger partial charge in [0.25, 0.3) is 5.91 Å². The highest BCUT2D eigenvalue weighted by atomic mass is 32.1. The van der Waals surface area contributed by atoms with Crippen molar-refractivity contribution in [3.63, 3.8) is 0 Å². The number of aromatic nitrogens is 2. The summed E-state index contributed by atoms with van der Waals surface area (Å²) in [6.45, 7) is 10.3. The third kappa shape index (κ3) is 3.55. The third-order valence-electron chi connectivity index (χ3n) is 3.81. The number of nitrogens with one attached hydrogen (secondary N) is 2. The van der Waals surface area contributed by atoms with E-state index in [0.717, 1.165) is 18.8 Å². The summed E-state index contributed by atoms with van der Waals surface area (Å²) in [4.78, 5) is 13.1. The van der Waals surface area contributed by atoms with Crippen LogP contribution < -0.4 is 10.6 Å². The second-order valence-electron chi connectivity index (χ2n) is 6.57. The average Bonchev–Trinajstić information content (AvgIpc) is 2.89. The van der Waals surface area contributed by atoms with Crippen LogP contribution in [0.25, 0.3) is 0 Å². The lowest BCUT2D eigenvalue weighted by Crippen LogP contribution is -2.44.